The average Bonchev–Trinajstić information content (AvgIpc) is 2.84. The summed E-state index contributed by atoms with van der Waals surface area (Å²) < 4.78 is 4.25. The van der Waals surface area contributed by atoms with Gasteiger partial charge in [0.05, 0.1) is 0 Å². The van der Waals surface area contributed by atoms with E-state index in [1.165, 1.54) is 30.9 Å². The van der Waals surface area contributed by atoms with Crippen LogP contribution in [0.4, 0.5) is 5.13 Å². The van der Waals surface area contributed by atoms with Crippen LogP contribution in [-0.2, 0) is 0 Å². The molecular weight excluding hydrogens is 208 g/mol. The van der Waals surface area contributed by atoms with Crippen molar-refractivity contribution in [3.8, 4) is 0 Å². The lowest BCUT2D eigenvalue weighted by Crippen LogP contribution is -2.44. The van der Waals surface area contributed by atoms with Crippen molar-refractivity contribution in [1.82, 2.24) is 14.7 Å². The molecular formula is C10H16N4S. The minimum Gasteiger partial charge on any atom is -0.346 e. The van der Waals surface area contributed by atoms with Gasteiger partial charge in [-0.3, -0.25) is 0 Å². The van der Waals surface area contributed by atoms with Crippen LogP contribution < -0.4 is 10.2 Å². The third-order valence-corrected chi connectivity index (χ3v) is 4.31. The Morgan fingerprint density at radius 3 is 3.20 bits per heavy atom. The van der Waals surface area contributed by atoms with Crippen molar-refractivity contribution in [2.45, 2.75) is 25.8 Å². The lowest BCUT2D eigenvalue weighted by atomic mass is 9.94. The normalized spacial score (nSPS) is 30.6. The fraction of sp³-hybridized carbons (Fsp3) is 0.800. The van der Waals surface area contributed by atoms with Crippen LogP contribution in [-0.4, -0.2) is 35.0 Å². The fourth-order valence-corrected chi connectivity index (χ4v) is 3.34. The highest BCUT2D eigenvalue weighted by atomic mass is 32.1. The van der Waals surface area contributed by atoms with Crippen molar-refractivity contribution in [3.05, 3.63) is 5.82 Å². The van der Waals surface area contributed by atoms with Gasteiger partial charge in [-0.25, -0.2) is 4.98 Å². The second-order valence-electron chi connectivity index (χ2n) is 4.47. The zero-order chi connectivity index (χ0) is 10.3. The minimum atomic E-state index is 0.760. The number of nitrogens with one attached hydrogen (secondary N) is 1. The number of hydrogen-bond acceptors (Lipinski definition) is 5. The van der Waals surface area contributed by atoms with Crippen LogP contribution >= 0.6 is 11.5 Å². The Kier molecular flexibility index (Phi) is 2.36. The van der Waals surface area contributed by atoms with Gasteiger partial charge in [0.2, 0.25) is 5.13 Å². The summed E-state index contributed by atoms with van der Waals surface area (Å²) in [4.78, 5) is 6.86. The molecule has 2 fully saturated rings. The third kappa shape index (κ3) is 1.74. The van der Waals surface area contributed by atoms with Crippen LogP contribution in [0.3, 0.4) is 0 Å². The molecule has 2 unspecified atom stereocenters. The monoisotopic (exact) mass is 224 g/mol. The van der Waals surface area contributed by atoms with Crippen LogP contribution in [0.15, 0.2) is 0 Å². The summed E-state index contributed by atoms with van der Waals surface area (Å²) >= 11 is 1.53. The maximum atomic E-state index is 4.46. The van der Waals surface area contributed by atoms with Crippen LogP contribution in [0.1, 0.15) is 18.7 Å². The molecule has 0 spiro atoms. The SMILES string of the molecule is Cc1nsc(N2CCC3NCCC3C2)n1. The van der Waals surface area contributed by atoms with Crippen LogP contribution in [0.5, 0.6) is 0 Å². The Hall–Kier alpha value is -0.680. The Bertz CT molecular complexity index is 351. The molecule has 2 aliphatic heterocycles. The highest BCUT2D eigenvalue weighted by molar-refractivity contribution is 7.09. The number of aryl methyl sites for hydroxylation is 1. The van der Waals surface area contributed by atoms with E-state index in [-0.39, 0.29) is 0 Å². The standard InChI is InChI=1S/C10H16N4S/c1-7-12-10(15-13-7)14-5-3-9-8(6-14)2-4-11-9/h8-9,11H,2-6H2,1H3. The summed E-state index contributed by atoms with van der Waals surface area (Å²) in [6.45, 7) is 5.44. The fourth-order valence-electron chi connectivity index (χ4n) is 2.64. The zero-order valence-corrected chi connectivity index (χ0v) is 9.76. The van der Waals surface area contributed by atoms with E-state index in [9.17, 15) is 0 Å². The van der Waals surface area contributed by atoms with E-state index >= 15 is 0 Å². The summed E-state index contributed by atoms with van der Waals surface area (Å²) in [6.07, 6.45) is 2.57. The molecule has 0 aliphatic carbocycles. The Balaban J connectivity index is 1.73. The molecule has 1 aromatic rings. The number of piperidine rings is 1. The minimum absolute atomic E-state index is 0.760. The molecule has 5 heteroatoms. The molecule has 2 saturated heterocycles. The average molecular weight is 224 g/mol. The first kappa shape index (κ1) is 9.54. The molecule has 3 rings (SSSR count). The van der Waals surface area contributed by atoms with E-state index < -0.39 is 0 Å². The van der Waals surface area contributed by atoms with E-state index in [0.717, 1.165) is 36.0 Å². The molecule has 15 heavy (non-hydrogen) atoms. The van der Waals surface area contributed by atoms with E-state index in [4.69, 9.17) is 0 Å². The van der Waals surface area contributed by atoms with Crippen molar-refractivity contribution >= 4 is 16.7 Å². The topological polar surface area (TPSA) is 41.1 Å². The first-order chi connectivity index (χ1) is 7.33. The number of aromatic nitrogens is 2. The molecule has 2 atom stereocenters. The second kappa shape index (κ2) is 3.72. The zero-order valence-electron chi connectivity index (χ0n) is 8.94. The molecule has 4 nitrogen and oxygen atoms in total. The van der Waals surface area contributed by atoms with Gasteiger partial charge in [0, 0.05) is 30.7 Å². The van der Waals surface area contributed by atoms with Gasteiger partial charge >= 0.3 is 0 Å². The molecule has 1 N–H and O–H groups in total. The van der Waals surface area contributed by atoms with E-state index in [0.29, 0.717) is 0 Å². The summed E-state index contributed by atoms with van der Waals surface area (Å²) in [6, 6.07) is 0.760. The first-order valence-corrected chi connectivity index (χ1v) is 6.39. The predicted molar refractivity (Wildman–Crippen MR) is 61.4 cm³/mol. The molecule has 0 bridgehead atoms. The highest BCUT2D eigenvalue weighted by Crippen LogP contribution is 2.28. The van der Waals surface area contributed by atoms with Gasteiger partial charge in [-0.1, -0.05) is 0 Å². The Labute approximate surface area is 93.9 Å². The third-order valence-electron chi connectivity index (χ3n) is 3.44. The molecule has 2 aliphatic rings. The van der Waals surface area contributed by atoms with Gasteiger partial charge in [-0.2, -0.15) is 4.37 Å². The number of hydrogen-bond donors (Lipinski definition) is 1. The molecule has 0 aromatic carbocycles. The molecule has 3 heterocycles. The summed E-state index contributed by atoms with van der Waals surface area (Å²) in [5, 5.41) is 4.69. The quantitative estimate of drug-likeness (QED) is 0.773. The molecule has 0 radical (unpaired) electrons. The highest BCUT2D eigenvalue weighted by Gasteiger charge is 2.33. The lowest BCUT2D eigenvalue weighted by Gasteiger charge is -2.34. The van der Waals surface area contributed by atoms with Gasteiger partial charge in [-0.05, 0) is 32.2 Å². The van der Waals surface area contributed by atoms with Gasteiger partial charge in [-0.15, -0.1) is 0 Å². The second-order valence-corrected chi connectivity index (χ2v) is 5.20. The summed E-state index contributed by atoms with van der Waals surface area (Å²) in [7, 11) is 0. The molecule has 82 valence electrons. The van der Waals surface area contributed by atoms with E-state index in [1.54, 1.807) is 0 Å². The van der Waals surface area contributed by atoms with Gasteiger partial charge in [0.25, 0.3) is 0 Å². The lowest BCUT2D eigenvalue weighted by molar-refractivity contribution is 0.376. The van der Waals surface area contributed by atoms with Gasteiger partial charge in [0.15, 0.2) is 0 Å². The molecule has 0 saturated carbocycles. The number of fused-ring (bicyclic) bond motifs is 1. The van der Waals surface area contributed by atoms with E-state index in [1.807, 2.05) is 6.92 Å². The van der Waals surface area contributed by atoms with E-state index in [2.05, 4.69) is 19.6 Å². The molecule has 0 amide bonds. The van der Waals surface area contributed by atoms with Crippen LogP contribution in [0.25, 0.3) is 0 Å². The Morgan fingerprint density at radius 2 is 2.40 bits per heavy atom. The van der Waals surface area contributed by atoms with Crippen molar-refractivity contribution < 1.29 is 0 Å². The Morgan fingerprint density at radius 1 is 1.47 bits per heavy atom. The van der Waals surface area contributed by atoms with Crippen molar-refractivity contribution in [1.29, 1.82) is 0 Å². The van der Waals surface area contributed by atoms with Gasteiger partial charge < -0.3 is 10.2 Å². The van der Waals surface area contributed by atoms with Crippen molar-refractivity contribution in [3.63, 3.8) is 0 Å². The molecule has 1 aromatic heterocycles. The summed E-state index contributed by atoms with van der Waals surface area (Å²) in [5.41, 5.74) is 0. The van der Waals surface area contributed by atoms with Crippen molar-refractivity contribution in [2.24, 2.45) is 5.92 Å². The maximum Gasteiger partial charge on any atom is 0.205 e. The number of anilines is 1. The largest absolute Gasteiger partial charge is 0.346 e. The van der Waals surface area contributed by atoms with Gasteiger partial charge in [0.1, 0.15) is 5.82 Å². The summed E-state index contributed by atoms with van der Waals surface area (Å²) in [5.74, 6) is 1.73. The smallest absolute Gasteiger partial charge is 0.205 e. The maximum absolute atomic E-state index is 4.46. The number of rotatable bonds is 1. The van der Waals surface area contributed by atoms with Crippen LogP contribution in [0, 0.1) is 12.8 Å². The predicted octanol–water partition coefficient (Wildman–Crippen LogP) is 1.03. The first-order valence-electron chi connectivity index (χ1n) is 5.61. The number of nitrogens with zero attached hydrogens (tertiary/aromatic N) is 3. The van der Waals surface area contributed by atoms with Crippen molar-refractivity contribution in [2.75, 3.05) is 24.5 Å². The van der Waals surface area contributed by atoms with Crippen LogP contribution in [0.2, 0.25) is 0 Å².